The van der Waals surface area contributed by atoms with Crippen LogP contribution in [0.5, 0.6) is 0 Å². The van der Waals surface area contributed by atoms with Gasteiger partial charge in [-0.25, -0.2) is 4.98 Å². The fourth-order valence-electron chi connectivity index (χ4n) is 1.63. The maximum absolute atomic E-state index is 6.07. The topological polar surface area (TPSA) is 37.3 Å². The fourth-order valence-corrected chi connectivity index (χ4v) is 3.50. The van der Waals surface area contributed by atoms with Crippen molar-refractivity contribution in [2.45, 2.75) is 0 Å². The lowest BCUT2D eigenvalue weighted by molar-refractivity contribution is 1.29. The van der Waals surface area contributed by atoms with Crippen LogP contribution in [0.3, 0.4) is 0 Å². The first-order chi connectivity index (χ1) is 10.2. The molecule has 0 radical (unpaired) electrons. The smallest absolute Gasteiger partial charge is 0.203 e. The van der Waals surface area contributed by atoms with Crippen LogP contribution >= 0.6 is 45.9 Å². The van der Waals surface area contributed by atoms with Gasteiger partial charge < -0.3 is 0 Å². The number of hydrogen-bond acceptors (Lipinski definition) is 5. The number of rotatable bonds is 4. The molecule has 0 spiro atoms. The minimum atomic E-state index is 0.562. The molecule has 2 heterocycles. The van der Waals surface area contributed by atoms with Gasteiger partial charge in [-0.15, -0.1) is 22.7 Å². The monoisotopic (exact) mass is 353 g/mol. The first kappa shape index (κ1) is 14.5. The number of hydrogen-bond donors (Lipinski definition) is 1. The van der Waals surface area contributed by atoms with Crippen LogP contribution < -0.4 is 5.43 Å². The van der Waals surface area contributed by atoms with E-state index in [0.29, 0.717) is 10.0 Å². The van der Waals surface area contributed by atoms with Crippen molar-refractivity contribution < 1.29 is 0 Å². The fraction of sp³-hybridized carbons (Fsp3) is 0. The predicted octanol–water partition coefficient (Wildman–Crippen LogP) is 5.62. The Morgan fingerprint density at radius 2 is 2.10 bits per heavy atom. The summed E-state index contributed by atoms with van der Waals surface area (Å²) in [5.41, 5.74) is 4.66. The van der Waals surface area contributed by atoms with Crippen LogP contribution in [-0.4, -0.2) is 11.2 Å². The van der Waals surface area contributed by atoms with Crippen molar-refractivity contribution in [3.63, 3.8) is 0 Å². The molecule has 1 N–H and O–H groups in total. The summed E-state index contributed by atoms with van der Waals surface area (Å²) in [4.78, 5) is 5.61. The van der Waals surface area contributed by atoms with Crippen molar-refractivity contribution >= 4 is 57.2 Å². The molecule has 3 rings (SSSR count). The minimum Gasteiger partial charge on any atom is -0.253 e. The SMILES string of the molecule is Clc1ccc(/C=N\Nc2nc(-c3cccs3)cs2)c(Cl)c1. The van der Waals surface area contributed by atoms with E-state index in [1.165, 1.54) is 11.3 Å². The zero-order chi connectivity index (χ0) is 14.7. The highest BCUT2D eigenvalue weighted by atomic mass is 35.5. The summed E-state index contributed by atoms with van der Waals surface area (Å²) in [6.07, 6.45) is 1.64. The summed E-state index contributed by atoms with van der Waals surface area (Å²) < 4.78 is 0. The number of halogens is 2. The molecule has 0 aliphatic carbocycles. The van der Waals surface area contributed by atoms with Gasteiger partial charge in [-0.3, -0.25) is 5.43 Å². The van der Waals surface area contributed by atoms with Gasteiger partial charge >= 0.3 is 0 Å². The van der Waals surface area contributed by atoms with Crippen LogP contribution in [0.25, 0.3) is 10.6 Å². The van der Waals surface area contributed by atoms with Crippen LogP contribution in [-0.2, 0) is 0 Å². The quantitative estimate of drug-likeness (QED) is 0.487. The van der Waals surface area contributed by atoms with Crippen LogP contribution in [0.1, 0.15) is 5.56 Å². The summed E-state index contributed by atoms with van der Waals surface area (Å²) in [6, 6.07) is 9.32. The van der Waals surface area contributed by atoms with Gasteiger partial charge in [-0.2, -0.15) is 5.10 Å². The van der Waals surface area contributed by atoms with E-state index >= 15 is 0 Å². The van der Waals surface area contributed by atoms with Crippen LogP contribution in [0.4, 0.5) is 5.13 Å². The van der Waals surface area contributed by atoms with Crippen molar-refractivity contribution in [1.29, 1.82) is 0 Å². The molecular formula is C14H9Cl2N3S2. The Balaban J connectivity index is 1.69. The van der Waals surface area contributed by atoms with E-state index in [2.05, 4.69) is 15.5 Å². The van der Waals surface area contributed by atoms with Gasteiger partial charge in [0.25, 0.3) is 0 Å². The largest absolute Gasteiger partial charge is 0.253 e. The molecule has 106 valence electrons. The molecule has 0 saturated heterocycles. The third-order valence-corrected chi connectivity index (χ3v) is 4.81. The number of aromatic nitrogens is 1. The Labute approximate surface area is 139 Å². The lowest BCUT2D eigenvalue weighted by Gasteiger charge is -1.98. The van der Waals surface area contributed by atoms with Crippen molar-refractivity contribution in [3.05, 3.63) is 56.7 Å². The number of benzene rings is 1. The second-order valence-corrected chi connectivity index (χ2v) is 6.70. The highest BCUT2D eigenvalue weighted by Gasteiger charge is 2.04. The number of nitrogens with zero attached hydrogens (tertiary/aromatic N) is 2. The van der Waals surface area contributed by atoms with Crippen molar-refractivity contribution in [2.24, 2.45) is 5.10 Å². The second kappa shape index (κ2) is 6.58. The van der Waals surface area contributed by atoms with E-state index in [0.717, 1.165) is 21.3 Å². The van der Waals surface area contributed by atoms with E-state index in [-0.39, 0.29) is 0 Å². The average Bonchev–Trinajstić information content (AvgIpc) is 3.11. The van der Waals surface area contributed by atoms with E-state index in [4.69, 9.17) is 23.2 Å². The van der Waals surface area contributed by atoms with E-state index < -0.39 is 0 Å². The third kappa shape index (κ3) is 3.63. The van der Waals surface area contributed by atoms with Gasteiger partial charge in [0.2, 0.25) is 5.13 Å². The number of hydrazone groups is 1. The van der Waals surface area contributed by atoms with Crippen molar-refractivity contribution in [2.75, 3.05) is 5.43 Å². The van der Waals surface area contributed by atoms with E-state index in [9.17, 15) is 0 Å². The Morgan fingerprint density at radius 3 is 2.86 bits per heavy atom. The molecule has 0 bridgehead atoms. The number of thiazole rings is 1. The molecule has 1 aromatic carbocycles. The maximum atomic E-state index is 6.07. The lowest BCUT2D eigenvalue weighted by Crippen LogP contribution is -1.90. The Bertz CT molecular complexity index is 766. The van der Waals surface area contributed by atoms with Gasteiger partial charge in [0.15, 0.2) is 0 Å². The molecule has 3 nitrogen and oxygen atoms in total. The molecule has 2 aromatic heterocycles. The van der Waals surface area contributed by atoms with Gasteiger partial charge in [0.1, 0.15) is 0 Å². The first-order valence-corrected chi connectivity index (χ1v) is 8.47. The molecule has 3 aromatic rings. The van der Waals surface area contributed by atoms with Gasteiger partial charge in [0, 0.05) is 16.0 Å². The standard InChI is InChI=1S/C14H9Cl2N3S2/c15-10-4-3-9(11(16)6-10)7-17-19-14-18-12(8-21-14)13-2-1-5-20-13/h1-8H,(H,18,19)/b17-7-. The van der Waals surface area contributed by atoms with Crippen molar-refractivity contribution in [3.8, 4) is 10.6 Å². The zero-order valence-corrected chi connectivity index (χ0v) is 13.7. The molecule has 0 fully saturated rings. The summed E-state index contributed by atoms with van der Waals surface area (Å²) in [7, 11) is 0. The third-order valence-electron chi connectivity index (χ3n) is 2.60. The van der Waals surface area contributed by atoms with E-state index in [1.807, 2.05) is 29.0 Å². The summed E-state index contributed by atoms with van der Waals surface area (Å²) in [5.74, 6) is 0. The first-order valence-electron chi connectivity index (χ1n) is 5.96. The summed E-state index contributed by atoms with van der Waals surface area (Å²) >= 11 is 15.1. The molecule has 0 unspecified atom stereocenters. The maximum Gasteiger partial charge on any atom is 0.203 e. The molecule has 0 aliphatic heterocycles. The predicted molar refractivity (Wildman–Crippen MR) is 93.1 cm³/mol. The van der Waals surface area contributed by atoms with Crippen LogP contribution in [0.2, 0.25) is 10.0 Å². The van der Waals surface area contributed by atoms with Gasteiger partial charge in [-0.05, 0) is 23.6 Å². The summed E-state index contributed by atoms with van der Waals surface area (Å²) in [6.45, 7) is 0. The molecule has 0 saturated carbocycles. The minimum absolute atomic E-state index is 0.562. The highest BCUT2D eigenvalue weighted by Crippen LogP contribution is 2.28. The van der Waals surface area contributed by atoms with Gasteiger partial charge in [0.05, 0.1) is 21.8 Å². The number of thiophene rings is 1. The number of nitrogens with one attached hydrogen (secondary N) is 1. The normalized spacial score (nSPS) is 11.1. The van der Waals surface area contributed by atoms with E-state index in [1.54, 1.807) is 29.7 Å². The molecule has 21 heavy (non-hydrogen) atoms. The Hall–Kier alpha value is -1.40. The van der Waals surface area contributed by atoms with Crippen LogP contribution in [0, 0.1) is 0 Å². The second-order valence-electron chi connectivity index (χ2n) is 4.05. The summed E-state index contributed by atoms with van der Waals surface area (Å²) in [5, 5.41) is 10.1. The Kier molecular flexibility index (Phi) is 4.55. The highest BCUT2D eigenvalue weighted by molar-refractivity contribution is 7.15. The molecule has 0 atom stereocenters. The molecule has 0 amide bonds. The zero-order valence-electron chi connectivity index (χ0n) is 10.6. The lowest BCUT2D eigenvalue weighted by atomic mass is 10.2. The Morgan fingerprint density at radius 1 is 1.19 bits per heavy atom. The van der Waals surface area contributed by atoms with Crippen molar-refractivity contribution in [1.82, 2.24) is 4.98 Å². The molecule has 7 heteroatoms. The molecule has 0 aliphatic rings. The van der Waals surface area contributed by atoms with Gasteiger partial charge in [-0.1, -0.05) is 35.3 Å². The average molecular weight is 354 g/mol. The molecular weight excluding hydrogens is 345 g/mol. The van der Waals surface area contributed by atoms with Crippen LogP contribution in [0.15, 0.2) is 46.2 Å². The number of anilines is 1.